The summed E-state index contributed by atoms with van der Waals surface area (Å²) in [6.45, 7) is -5.07. The number of halogens is 2. The van der Waals surface area contributed by atoms with Gasteiger partial charge < -0.3 is 4.98 Å². The number of nitrogens with one attached hydrogen (secondary N) is 2. The molecule has 0 spiro atoms. The second-order valence-electron chi connectivity index (χ2n) is 5.61. The van der Waals surface area contributed by atoms with Gasteiger partial charge in [0.15, 0.2) is 5.82 Å². The van der Waals surface area contributed by atoms with Crippen LogP contribution in [0.4, 0.5) is 14.5 Å². The number of sulfonamides is 1. The van der Waals surface area contributed by atoms with Crippen LogP contribution >= 0.6 is 0 Å². The number of nitrogens with zero attached hydrogens (tertiary/aromatic N) is 1. The maximum Gasteiger partial charge on any atom is 0.232 e. The molecule has 0 aliphatic rings. The fourth-order valence-corrected chi connectivity index (χ4v) is 3.38. The van der Waals surface area contributed by atoms with Crippen molar-refractivity contribution in [3.05, 3.63) is 58.9 Å². The number of anilines is 1. The molecule has 2 aromatic heterocycles. The van der Waals surface area contributed by atoms with Gasteiger partial charge in [-0.05, 0) is 37.0 Å². The number of fused-ring (bicyclic) bond motifs is 1. The van der Waals surface area contributed by atoms with E-state index in [2.05, 4.69) is 9.97 Å². The van der Waals surface area contributed by atoms with E-state index in [1.807, 2.05) is 4.72 Å². The molecular weight excluding hydrogens is 376 g/mol. The number of carbonyl (C=O) groups is 1. The van der Waals surface area contributed by atoms with E-state index in [0.717, 1.165) is 24.5 Å². The number of benzene rings is 1. The van der Waals surface area contributed by atoms with Crippen molar-refractivity contribution in [2.45, 2.75) is 20.1 Å². The van der Waals surface area contributed by atoms with Crippen LogP contribution in [-0.2, 0) is 10.0 Å². The highest BCUT2D eigenvalue weighted by molar-refractivity contribution is 7.92. The number of rotatable bonds is 6. The maximum absolute atomic E-state index is 15.0. The Kier molecular flexibility index (Phi) is 3.29. The van der Waals surface area contributed by atoms with E-state index in [1.165, 1.54) is 0 Å². The fourth-order valence-electron chi connectivity index (χ4n) is 2.52. The zero-order valence-electron chi connectivity index (χ0n) is 19.6. The Bertz CT molecular complexity index is 1340. The lowest BCUT2D eigenvalue weighted by Gasteiger charge is -2.11. The smallest absolute Gasteiger partial charge is 0.232 e. The molecule has 3 rings (SSSR count). The number of carbonyl (C=O) groups excluding carboxylic acids is 1. The molecule has 142 valence electrons. The first-order valence-electron chi connectivity index (χ1n) is 10.6. The van der Waals surface area contributed by atoms with E-state index in [-0.39, 0.29) is 22.2 Å². The van der Waals surface area contributed by atoms with Gasteiger partial charge in [-0.2, -0.15) is 0 Å². The highest BCUT2D eigenvalue weighted by Crippen LogP contribution is 2.27. The van der Waals surface area contributed by atoms with E-state index in [1.54, 1.807) is 0 Å². The Morgan fingerprint density at radius 1 is 1.37 bits per heavy atom. The molecular formula is C18H17F2N3O3S. The van der Waals surface area contributed by atoms with Gasteiger partial charge in [-0.3, -0.25) is 9.52 Å². The largest absolute Gasteiger partial charge is 0.345 e. The van der Waals surface area contributed by atoms with Gasteiger partial charge in [-0.25, -0.2) is 22.2 Å². The summed E-state index contributed by atoms with van der Waals surface area (Å²) in [6.07, 6.45) is 1.48. The van der Waals surface area contributed by atoms with Crippen LogP contribution in [-0.4, -0.2) is 29.9 Å². The Balaban J connectivity index is 2.01. The molecule has 0 bridgehead atoms. The van der Waals surface area contributed by atoms with Gasteiger partial charge in [0.1, 0.15) is 11.5 Å². The first-order valence-corrected chi connectivity index (χ1v) is 9.25. The van der Waals surface area contributed by atoms with Crippen molar-refractivity contribution in [1.29, 1.82) is 0 Å². The topological polar surface area (TPSA) is 91.9 Å². The van der Waals surface area contributed by atoms with Crippen LogP contribution in [0, 0.1) is 18.5 Å². The Morgan fingerprint density at radius 2 is 2.19 bits per heavy atom. The third-order valence-corrected chi connectivity index (χ3v) is 5.00. The van der Waals surface area contributed by atoms with Gasteiger partial charge in [-0.15, -0.1) is 0 Å². The van der Waals surface area contributed by atoms with E-state index >= 15 is 4.39 Å². The van der Waals surface area contributed by atoms with Crippen molar-refractivity contribution in [2.24, 2.45) is 0 Å². The van der Waals surface area contributed by atoms with Crippen LogP contribution < -0.4 is 4.72 Å². The van der Waals surface area contributed by atoms with E-state index in [9.17, 15) is 17.6 Å². The van der Waals surface area contributed by atoms with Crippen molar-refractivity contribution < 1.29 is 30.2 Å². The molecule has 0 atom stereocenters. The predicted octanol–water partition coefficient (Wildman–Crippen LogP) is 3.53. The van der Waals surface area contributed by atoms with Crippen molar-refractivity contribution >= 4 is 32.5 Å². The average molecular weight is 399 g/mol. The summed E-state index contributed by atoms with van der Waals surface area (Å²) >= 11 is 0. The minimum absolute atomic E-state index is 0.0103. The van der Waals surface area contributed by atoms with Gasteiger partial charge in [0, 0.05) is 31.6 Å². The normalized spacial score (nSPS) is 15.9. The van der Waals surface area contributed by atoms with Gasteiger partial charge in [0.05, 0.1) is 17.0 Å². The third-order valence-electron chi connectivity index (χ3n) is 3.73. The molecule has 0 radical (unpaired) electrons. The summed E-state index contributed by atoms with van der Waals surface area (Å²) in [5, 5.41) is 0.0103. The second kappa shape index (κ2) is 7.07. The number of hydrogen-bond donors (Lipinski definition) is 2. The lowest BCUT2D eigenvalue weighted by molar-refractivity contribution is 0.103. The van der Waals surface area contributed by atoms with E-state index < -0.39 is 64.6 Å². The Labute approximate surface area is 163 Å². The molecule has 0 saturated carbocycles. The summed E-state index contributed by atoms with van der Waals surface area (Å²) in [6, 6.07) is 2.59. The summed E-state index contributed by atoms with van der Waals surface area (Å²) in [5.41, 5.74) is -2.18. The molecule has 0 amide bonds. The van der Waals surface area contributed by atoms with Gasteiger partial charge in [-0.1, -0.05) is 6.85 Å². The quantitative estimate of drug-likeness (QED) is 0.620. The molecule has 6 nitrogen and oxygen atoms in total. The lowest BCUT2D eigenvalue weighted by Crippen LogP contribution is -2.18. The average Bonchev–Trinajstić information content (AvgIpc) is 3.11. The number of H-pyrrole nitrogens is 1. The second-order valence-corrected chi connectivity index (χ2v) is 7.45. The third kappa shape index (κ3) is 3.68. The molecule has 9 heteroatoms. The van der Waals surface area contributed by atoms with Crippen molar-refractivity contribution in [2.75, 3.05) is 10.5 Å². The van der Waals surface area contributed by atoms with E-state index in [0.29, 0.717) is 6.07 Å². The molecule has 2 N–H and O–H groups in total. The van der Waals surface area contributed by atoms with Crippen LogP contribution in [0.25, 0.3) is 11.0 Å². The van der Waals surface area contributed by atoms with Crippen LogP contribution in [0.1, 0.15) is 43.0 Å². The van der Waals surface area contributed by atoms with Gasteiger partial charge in [0.25, 0.3) is 0 Å². The molecule has 3 aromatic rings. The van der Waals surface area contributed by atoms with Crippen LogP contribution in [0.15, 0.2) is 30.6 Å². The first kappa shape index (κ1) is 12.6. The molecule has 27 heavy (non-hydrogen) atoms. The predicted molar refractivity (Wildman–Crippen MR) is 98.3 cm³/mol. The number of pyridine rings is 1. The minimum atomic E-state index is -4.32. The number of aromatic amines is 1. The molecule has 0 saturated heterocycles. The number of ketones is 1. The van der Waals surface area contributed by atoms with Gasteiger partial charge in [0.2, 0.25) is 15.8 Å². The maximum atomic E-state index is 15.0. The lowest BCUT2D eigenvalue weighted by atomic mass is 10.0. The number of aryl methyl sites for hydroxylation is 1. The highest BCUT2D eigenvalue weighted by atomic mass is 32.2. The SMILES string of the molecule is [2H]C([2H])([2H])CCS(=O)(=O)Nc1ccc(F)c(C(=O)c2c[nH]c3ncc(C([2H])([2H])[2H])cc23)c1F. The molecule has 0 fully saturated rings. The summed E-state index contributed by atoms with van der Waals surface area (Å²) in [7, 11) is -4.32. The summed E-state index contributed by atoms with van der Waals surface area (Å²) < 4.78 is 99.2. The molecule has 0 aliphatic heterocycles. The standard InChI is InChI=1S/C18H17F2N3O3S/c1-3-6-27(25,26)23-14-5-4-13(19)15(16(14)20)17(24)12-9-22-18-11(12)7-10(2)8-21-18/h4-5,7-9,23H,3,6H2,1-2H3,(H,21,22)/i1D3,2D3. The summed E-state index contributed by atoms with van der Waals surface area (Å²) in [4.78, 5) is 19.5. The van der Waals surface area contributed by atoms with Crippen molar-refractivity contribution in [3.63, 3.8) is 0 Å². The number of hydrogen-bond acceptors (Lipinski definition) is 4. The minimum Gasteiger partial charge on any atom is -0.345 e. The molecule has 1 aromatic carbocycles. The zero-order valence-corrected chi connectivity index (χ0v) is 14.5. The molecule has 0 aliphatic carbocycles. The Hall–Kier alpha value is -2.81. The van der Waals surface area contributed by atoms with Crippen molar-refractivity contribution in [3.8, 4) is 0 Å². The first-order chi connectivity index (χ1) is 15.1. The van der Waals surface area contributed by atoms with Crippen LogP contribution in [0.5, 0.6) is 0 Å². The van der Waals surface area contributed by atoms with Crippen LogP contribution in [0.3, 0.4) is 0 Å². The number of aromatic nitrogens is 2. The molecule has 0 unspecified atom stereocenters. The summed E-state index contributed by atoms with van der Waals surface area (Å²) in [5.74, 6) is -4.82. The van der Waals surface area contributed by atoms with Crippen LogP contribution in [0.2, 0.25) is 0 Å². The zero-order chi connectivity index (χ0) is 24.8. The van der Waals surface area contributed by atoms with Gasteiger partial charge >= 0.3 is 0 Å². The highest BCUT2D eigenvalue weighted by Gasteiger charge is 2.25. The molecule has 2 heterocycles. The van der Waals surface area contributed by atoms with E-state index in [4.69, 9.17) is 8.22 Å². The monoisotopic (exact) mass is 399 g/mol. The Morgan fingerprint density at radius 3 is 2.93 bits per heavy atom. The fraction of sp³-hybridized carbons (Fsp3) is 0.222. The van der Waals surface area contributed by atoms with Crippen molar-refractivity contribution in [1.82, 2.24) is 9.97 Å².